The van der Waals surface area contributed by atoms with Crippen molar-refractivity contribution in [3.8, 4) is 11.5 Å². The molecule has 1 amide bonds. The summed E-state index contributed by atoms with van der Waals surface area (Å²) in [6.45, 7) is 3.81. The monoisotopic (exact) mass is 430 g/mol. The predicted octanol–water partition coefficient (Wildman–Crippen LogP) is 3.52. The van der Waals surface area contributed by atoms with Crippen molar-refractivity contribution in [1.82, 2.24) is 16.0 Å². The maximum absolute atomic E-state index is 12.2. The molecule has 7 heteroatoms. The fraction of sp³-hybridized carbons (Fsp3) is 0.667. The minimum Gasteiger partial charge on any atom is -0.493 e. The molecule has 0 aliphatic heterocycles. The number of ether oxygens (including phenoxy) is 2. The number of amides is 1. The smallest absolute Gasteiger partial charge is 0.221 e. The van der Waals surface area contributed by atoms with E-state index in [1.165, 1.54) is 25.7 Å². The zero-order valence-corrected chi connectivity index (χ0v) is 19.0. The number of nitrogens with zero attached hydrogens (tertiary/aromatic N) is 1. The van der Waals surface area contributed by atoms with Crippen LogP contribution in [0, 0.1) is 0 Å². The van der Waals surface area contributed by atoms with E-state index < -0.39 is 0 Å². The first-order chi connectivity index (χ1) is 15.2. The van der Waals surface area contributed by atoms with Gasteiger partial charge >= 0.3 is 0 Å². The molecule has 2 saturated carbocycles. The van der Waals surface area contributed by atoms with E-state index in [0.29, 0.717) is 31.5 Å². The second kappa shape index (κ2) is 12.4. The van der Waals surface area contributed by atoms with E-state index in [-0.39, 0.29) is 12.0 Å². The standard InChI is InChI=1S/C24H38N4O3/c1-3-25-24(26-16-15-22(29)28-19-10-4-5-11-19)27-17-18-9-8-14-21(30-2)23(18)31-20-12-6-7-13-20/h8-9,14,19-20H,3-7,10-13,15-17H2,1-2H3,(H,28,29)(H2,25,26,27). The molecule has 1 aromatic rings. The number of aliphatic imine (C=N–C) groups is 1. The van der Waals surface area contributed by atoms with Crippen LogP contribution in [0.2, 0.25) is 0 Å². The van der Waals surface area contributed by atoms with Gasteiger partial charge in [0, 0.05) is 31.1 Å². The SMILES string of the molecule is CCNC(=NCc1cccc(OC)c1OC1CCCC1)NCCC(=O)NC1CCCC1. The number of carbonyl (C=O) groups is 1. The molecule has 2 fully saturated rings. The molecule has 0 unspecified atom stereocenters. The normalized spacial score (nSPS) is 17.5. The van der Waals surface area contributed by atoms with E-state index in [0.717, 1.165) is 49.3 Å². The number of nitrogens with one attached hydrogen (secondary N) is 3. The summed E-state index contributed by atoms with van der Waals surface area (Å²) in [4.78, 5) is 16.9. The molecule has 3 rings (SSSR count). The molecule has 2 aliphatic rings. The molecule has 0 atom stereocenters. The molecule has 0 spiro atoms. The average Bonchev–Trinajstić information content (AvgIpc) is 3.47. The fourth-order valence-corrected chi connectivity index (χ4v) is 4.32. The number of hydrogen-bond donors (Lipinski definition) is 3. The molecule has 1 aromatic carbocycles. The number of methoxy groups -OCH3 is 1. The largest absolute Gasteiger partial charge is 0.493 e. The molecular formula is C24H38N4O3. The van der Waals surface area contributed by atoms with Gasteiger partial charge in [-0.1, -0.05) is 25.0 Å². The van der Waals surface area contributed by atoms with Crippen LogP contribution in [0.25, 0.3) is 0 Å². The Morgan fingerprint density at radius 2 is 1.84 bits per heavy atom. The lowest BCUT2D eigenvalue weighted by atomic mass is 10.1. The average molecular weight is 431 g/mol. The highest BCUT2D eigenvalue weighted by atomic mass is 16.5. The number of guanidine groups is 1. The molecule has 172 valence electrons. The maximum atomic E-state index is 12.2. The molecule has 2 aliphatic carbocycles. The molecular weight excluding hydrogens is 392 g/mol. The first kappa shape index (κ1) is 23.2. The number of hydrogen-bond acceptors (Lipinski definition) is 4. The van der Waals surface area contributed by atoms with Crippen LogP contribution in [0.4, 0.5) is 0 Å². The van der Waals surface area contributed by atoms with Crippen molar-refractivity contribution in [2.24, 2.45) is 4.99 Å². The van der Waals surface area contributed by atoms with E-state index in [1.807, 2.05) is 25.1 Å². The van der Waals surface area contributed by atoms with Crippen LogP contribution in [-0.4, -0.2) is 44.2 Å². The van der Waals surface area contributed by atoms with E-state index in [4.69, 9.17) is 14.5 Å². The zero-order valence-electron chi connectivity index (χ0n) is 19.0. The minimum atomic E-state index is 0.107. The van der Waals surface area contributed by atoms with Crippen LogP contribution in [-0.2, 0) is 11.3 Å². The summed E-state index contributed by atoms with van der Waals surface area (Å²) in [5, 5.41) is 9.66. The first-order valence-corrected chi connectivity index (χ1v) is 11.8. The van der Waals surface area contributed by atoms with Crippen LogP contribution >= 0.6 is 0 Å². The van der Waals surface area contributed by atoms with E-state index in [1.54, 1.807) is 7.11 Å². The lowest BCUT2D eigenvalue weighted by Crippen LogP contribution is -2.40. The fourth-order valence-electron chi connectivity index (χ4n) is 4.32. The van der Waals surface area contributed by atoms with Crippen molar-refractivity contribution in [3.63, 3.8) is 0 Å². The van der Waals surface area contributed by atoms with E-state index in [2.05, 4.69) is 16.0 Å². The lowest BCUT2D eigenvalue weighted by Gasteiger charge is -2.19. The molecule has 7 nitrogen and oxygen atoms in total. The van der Waals surface area contributed by atoms with E-state index in [9.17, 15) is 4.79 Å². The van der Waals surface area contributed by atoms with Crippen molar-refractivity contribution in [1.29, 1.82) is 0 Å². The Bertz CT molecular complexity index is 726. The molecule has 0 aromatic heterocycles. The minimum absolute atomic E-state index is 0.107. The number of para-hydroxylation sites is 1. The van der Waals surface area contributed by atoms with E-state index >= 15 is 0 Å². The van der Waals surface area contributed by atoms with Gasteiger partial charge in [-0.25, -0.2) is 4.99 Å². The van der Waals surface area contributed by atoms with Gasteiger partial charge in [-0.15, -0.1) is 0 Å². The summed E-state index contributed by atoms with van der Waals surface area (Å²) in [5.41, 5.74) is 1.00. The first-order valence-electron chi connectivity index (χ1n) is 11.8. The van der Waals surface area contributed by atoms with Gasteiger partial charge in [-0.05, 0) is 51.5 Å². The topological polar surface area (TPSA) is 84.0 Å². The molecule has 31 heavy (non-hydrogen) atoms. The Balaban J connectivity index is 1.56. The number of carbonyl (C=O) groups excluding carboxylic acids is 1. The Hall–Kier alpha value is -2.44. The summed E-state index contributed by atoms with van der Waals surface area (Å²) >= 11 is 0. The van der Waals surface area contributed by atoms with Crippen LogP contribution in [0.1, 0.15) is 70.3 Å². The Morgan fingerprint density at radius 1 is 1.10 bits per heavy atom. The van der Waals surface area contributed by atoms with Gasteiger partial charge in [0.1, 0.15) is 0 Å². The van der Waals surface area contributed by atoms with Crippen molar-refractivity contribution < 1.29 is 14.3 Å². The van der Waals surface area contributed by atoms with Gasteiger partial charge < -0.3 is 25.4 Å². The second-order valence-corrected chi connectivity index (χ2v) is 8.39. The molecule has 0 bridgehead atoms. The highest BCUT2D eigenvalue weighted by Gasteiger charge is 2.20. The van der Waals surface area contributed by atoms with Crippen molar-refractivity contribution >= 4 is 11.9 Å². The number of rotatable bonds is 10. The van der Waals surface area contributed by atoms with Gasteiger partial charge in [0.15, 0.2) is 17.5 Å². The highest BCUT2D eigenvalue weighted by Crippen LogP contribution is 2.35. The second-order valence-electron chi connectivity index (χ2n) is 8.39. The molecule has 0 saturated heterocycles. The van der Waals surface area contributed by atoms with Crippen LogP contribution in [0.3, 0.4) is 0 Å². The van der Waals surface area contributed by atoms with Gasteiger partial charge in [0.2, 0.25) is 5.91 Å². The maximum Gasteiger partial charge on any atom is 0.221 e. The Labute approximate surface area is 186 Å². The van der Waals surface area contributed by atoms with Crippen LogP contribution in [0.15, 0.2) is 23.2 Å². The quantitative estimate of drug-likeness (QED) is 0.391. The Kier molecular flexibility index (Phi) is 9.31. The van der Waals surface area contributed by atoms with Crippen molar-refractivity contribution in [2.45, 2.75) is 83.4 Å². The third-order valence-electron chi connectivity index (χ3n) is 5.98. The third-order valence-corrected chi connectivity index (χ3v) is 5.98. The summed E-state index contributed by atoms with van der Waals surface area (Å²) in [5.74, 6) is 2.36. The summed E-state index contributed by atoms with van der Waals surface area (Å²) in [7, 11) is 1.67. The van der Waals surface area contributed by atoms with Gasteiger partial charge in [0.25, 0.3) is 0 Å². The van der Waals surface area contributed by atoms with Gasteiger partial charge in [-0.2, -0.15) is 0 Å². The zero-order chi connectivity index (χ0) is 21.9. The predicted molar refractivity (Wildman–Crippen MR) is 124 cm³/mol. The molecule has 3 N–H and O–H groups in total. The third kappa shape index (κ3) is 7.33. The Morgan fingerprint density at radius 3 is 2.55 bits per heavy atom. The highest BCUT2D eigenvalue weighted by molar-refractivity contribution is 5.81. The lowest BCUT2D eigenvalue weighted by molar-refractivity contribution is -0.121. The van der Waals surface area contributed by atoms with Crippen LogP contribution in [0.5, 0.6) is 11.5 Å². The summed E-state index contributed by atoms with van der Waals surface area (Å²) in [6, 6.07) is 6.30. The molecule has 0 heterocycles. The van der Waals surface area contributed by atoms with Crippen LogP contribution < -0.4 is 25.4 Å². The van der Waals surface area contributed by atoms with Gasteiger partial charge in [-0.3, -0.25) is 4.79 Å². The summed E-state index contributed by atoms with van der Waals surface area (Å²) < 4.78 is 11.9. The number of benzene rings is 1. The summed E-state index contributed by atoms with van der Waals surface area (Å²) in [6.07, 6.45) is 9.96. The molecule has 0 radical (unpaired) electrons. The van der Waals surface area contributed by atoms with Gasteiger partial charge in [0.05, 0.1) is 19.8 Å². The van der Waals surface area contributed by atoms with Crippen molar-refractivity contribution in [3.05, 3.63) is 23.8 Å². The van der Waals surface area contributed by atoms with Crippen molar-refractivity contribution in [2.75, 3.05) is 20.2 Å².